The van der Waals surface area contributed by atoms with Crippen molar-refractivity contribution in [3.05, 3.63) is 107 Å². The molecule has 8 nitrogen and oxygen atoms in total. The standard InChI is InChI=1S/C29H24N4O4/c1-17-11-7-8-14-21(17)27(34)30-28-25(22-15-9-10-16-23(22)29(35)36)26(32-37-28)24-18(2)31-33(19(24)3)20-12-5-4-6-13-20/h4-16H,1-3H3,(H,30,34)(H,35,36). The van der Waals surface area contributed by atoms with Gasteiger partial charge in [0.05, 0.1) is 28.2 Å². The van der Waals surface area contributed by atoms with Gasteiger partial charge in [-0.2, -0.15) is 5.10 Å². The van der Waals surface area contributed by atoms with Crippen molar-refractivity contribution in [2.45, 2.75) is 20.8 Å². The molecular formula is C29H24N4O4. The number of aromatic nitrogens is 3. The summed E-state index contributed by atoms with van der Waals surface area (Å²) in [7, 11) is 0. The molecule has 184 valence electrons. The van der Waals surface area contributed by atoms with Gasteiger partial charge in [0.25, 0.3) is 5.91 Å². The molecule has 0 saturated carbocycles. The number of aryl methyl sites for hydroxylation is 2. The van der Waals surface area contributed by atoms with E-state index >= 15 is 0 Å². The summed E-state index contributed by atoms with van der Waals surface area (Å²) in [5, 5.41) is 21.8. The normalized spacial score (nSPS) is 10.9. The van der Waals surface area contributed by atoms with Crippen LogP contribution >= 0.6 is 0 Å². The van der Waals surface area contributed by atoms with E-state index < -0.39 is 5.97 Å². The Kier molecular flexibility index (Phi) is 6.15. The molecule has 0 fully saturated rings. The minimum atomic E-state index is -1.10. The number of carboxylic acids is 1. The minimum Gasteiger partial charge on any atom is -0.478 e. The number of hydrogen-bond acceptors (Lipinski definition) is 5. The molecule has 0 spiro atoms. The third-order valence-corrected chi connectivity index (χ3v) is 6.26. The van der Waals surface area contributed by atoms with Crippen LogP contribution in [0.3, 0.4) is 0 Å². The number of carboxylic acid groups (broad SMARTS) is 1. The van der Waals surface area contributed by atoms with Crippen LogP contribution in [0.25, 0.3) is 28.1 Å². The van der Waals surface area contributed by atoms with E-state index in [9.17, 15) is 14.7 Å². The third-order valence-electron chi connectivity index (χ3n) is 6.26. The van der Waals surface area contributed by atoms with Crippen molar-refractivity contribution in [2.75, 3.05) is 5.32 Å². The van der Waals surface area contributed by atoms with Gasteiger partial charge in [0.1, 0.15) is 5.69 Å². The van der Waals surface area contributed by atoms with Crippen LogP contribution in [0.2, 0.25) is 0 Å². The summed E-state index contributed by atoms with van der Waals surface area (Å²) in [5.74, 6) is -1.43. The number of nitrogens with zero attached hydrogens (tertiary/aromatic N) is 3. The Balaban J connectivity index is 1.71. The van der Waals surface area contributed by atoms with Crippen molar-refractivity contribution in [1.82, 2.24) is 14.9 Å². The van der Waals surface area contributed by atoms with Gasteiger partial charge in [-0.3, -0.25) is 10.1 Å². The fourth-order valence-electron chi connectivity index (χ4n) is 4.49. The number of hydrogen-bond donors (Lipinski definition) is 2. The van der Waals surface area contributed by atoms with E-state index in [-0.39, 0.29) is 17.4 Å². The van der Waals surface area contributed by atoms with Gasteiger partial charge < -0.3 is 9.63 Å². The number of aromatic carboxylic acids is 1. The molecule has 0 aliphatic rings. The van der Waals surface area contributed by atoms with Gasteiger partial charge >= 0.3 is 5.97 Å². The van der Waals surface area contributed by atoms with E-state index in [4.69, 9.17) is 9.62 Å². The smallest absolute Gasteiger partial charge is 0.336 e. The van der Waals surface area contributed by atoms with E-state index in [2.05, 4.69) is 10.5 Å². The van der Waals surface area contributed by atoms with Gasteiger partial charge in [-0.25, -0.2) is 9.48 Å². The first-order chi connectivity index (χ1) is 17.9. The number of anilines is 1. The molecule has 8 heteroatoms. The lowest BCUT2D eigenvalue weighted by atomic mass is 9.95. The maximum absolute atomic E-state index is 13.2. The topological polar surface area (TPSA) is 110 Å². The molecule has 0 radical (unpaired) electrons. The van der Waals surface area contributed by atoms with Crippen molar-refractivity contribution >= 4 is 17.8 Å². The Bertz CT molecular complexity index is 1630. The second kappa shape index (κ2) is 9.58. The highest BCUT2D eigenvalue weighted by Crippen LogP contribution is 2.42. The van der Waals surface area contributed by atoms with E-state index in [1.54, 1.807) is 35.0 Å². The second-order valence-corrected chi connectivity index (χ2v) is 8.65. The van der Waals surface area contributed by atoms with Gasteiger partial charge in [0, 0.05) is 16.7 Å². The van der Waals surface area contributed by atoms with Crippen LogP contribution in [0.1, 0.15) is 37.7 Å². The van der Waals surface area contributed by atoms with Crippen LogP contribution in [0, 0.1) is 20.8 Å². The van der Waals surface area contributed by atoms with Crippen molar-refractivity contribution in [2.24, 2.45) is 0 Å². The lowest BCUT2D eigenvalue weighted by Gasteiger charge is -2.10. The van der Waals surface area contributed by atoms with Gasteiger partial charge in [-0.1, -0.05) is 59.8 Å². The summed E-state index contributed by atoms with van der Waals surface area (Å²) in [6.07, 6.45) is 0. The van der Waals surface area contributed by atoms with Crippen LogP contribution in [-0.4, -0.2) is 31.9 Å². The molecule has 0 aliphatic carbocycles. The number of benzene rings is 3. The molecule has 3 aromatic carbocycles. The molecule has 0 bridgehead atoms. The largest absolute Gasteiger partial charge is 0.478 e. The van der Waals surface area contributed by atoms with Gasteiger partial charge in [0.15, 0.2) is 0 Å². The predicted octanol–water partition coefficient (Wildman–Crippen LogP) is 6.07. The van der Waals surface area contributed by atoms with Crippen molar-refractivity contribution < 1.29 is 19.2 Å². The second-order valence-electron chi connectivity index (χ2n) is 8.65. The molecule has 0 aliphatic heterocycles. The number of para-hydroxylation sites is 1. The Morgan fingerprint density at radius 1 is 0.838 bits per heavy atom. The molecule has 2 aromatic heterocycles. The third kappa shape index (κ3) is 4.29. The first-order valence-corrected chi connectivity index (χ1v) is 11.7. The Hall–Kier alpha value is -4.98. The lowest BCUT2D eigenvalue weighted by molar-refractivity contribution is 0.0697. The zero-order valence-electron chi connectivity index (χ0n) is 20.5. The van der Waals surface area contributed by atoms with E-state index in [1.807, 2.05) is 63.2 Å². The van der Waals surface area contributed by atoms with Crippen molar-refractivity contribution in [3.8, 4) is 28.1 Å². The summed E-state index contributed by atoms with van der Waals surface area (Å²) in [5.41, 5.74) is 5.51. The molecule has 5 rings (SSSR count). The highest BCUT2D eigenvalue weighted by Gasteiger charge is 2.29. The molecule has 0 saturated heterocycles. The number of amides is 1. The molecule has 1 amide bonds. The molecule has 37 heavy (non-hydrogen) atoms. The van der Waals surface area contributed by atoms with Crippen LogP contribution in [-0.2, 0) is 0 Å². The van der Waals surface area contributed by atoms with Gasteiger partial charge in [-0.05, 0) is 50.6 Å². The molecule has 0 unspecified atom stereocenters. The van der Waals surface area contributed by atoms with Gasteiger partial charge in [0.2, 0.25) is 5.88 Å². The van der Waals surface area contributed by atoms with E-state index in [0.717, 1.165) is 16.9 Å². The molecular weight excluding hydrogens is 468 g/mol. The maximum Gasteiger partial charge on any atom is 0.336 e. The Morgan fingerprint density at radius 3 is 2.19 bits per heavy atom. The summed E-state index contributed by atoms with van der Waals surface area (Å²) >= 11 is 0. The molecule has 0 atom stereocenters. The quantitative estimate of drug-likeness (QED) is 0.298. The number of nitrogens with one attached hydrogen (secondary N) is 1. The maximum atomic E-state index is 13.2. The Labute approximate surface area is 213 Å². The molecule has 5 aromatic rings. The van der Waals surface area contributed by atoms with Crippen molar-refractivity contribution in [3.63, 3.8) is 0 Å². The highest BCUT2D eigenvalue weighted by molar-refractivity contribution is 6.09. The zero-order valence-corrected chi connectivity index (χ0v) is 20.5. The fourth-order valence-corrected chi connectivity index (χ4v) is 4.49. The van der Waals surface area contributed by atoms with Crippen LogP contribution in [0.15, 0.2) is 83.4 Å². The lowest BCUT2D eigenvalue weighted by Crippen LogP contribution is -2.13. The molecule has 2 heterocycles. The van der Waals surface area contributed by atoms with Crippen LogP contribution < -0.4 is 5.32 Å². The van der Waals surface area contributed by atoms with Crippen LogP contribution in [0.4, 0.5) is 5.88 Å². The van der Waals surface area contributed by atoms with Crippen LogP contribution in [0.5, 0.6) is 0 Å². The summed E-state index contributed by atoms with van der Waals surface area (Å²) in [6.45, 7) is 5.61. The first kappa shape index (κ1) is 23.7. The number of carbonyl (C=O) groups excluding carboxylic acids is 1. The average molecular weight is 493 g/mol. The number of rotatable bonds is 6. The number of carbonyl (C=O) groups is 2. The SMILES string of the molecule is Cc1ccccc1C(=O)Nc1onc(-c2c(C)nn(-c3ccccc3)c2C)c1-c1ccccc1C(=O)O. The zero-order chi connectivity index (χ0) is 26.1. The monoisotopic (exact) mass is 492 g/mol. The summed E-state index contributed by atoms with van der Waals surface area (Å²) < 4.78 is 7.49. The van der Waals surface area contributed by atoms with E-state index in [1.165, 1.54) is 6.07 Å². The van der Waals surface area contributed by atoms with Crippen molar-refractivity contribution in [1.29, 1.82) is 0 Å². The fraction of sp³-hybridized carbons (Fsp3) is 0.103. The first-order valence-electron chi connectivity index (χ1n) is 11.7. The van der Waals surface area contributed by atoms with E-state index in [0.29, 0.717) is 33.6 Å². The predicted molar refractivity (Wildman–Crippen MR) is 140 cm³/mol. The molecule has 2 N–H and O–H groups in total. The minimum absolute atomic E-state index is 0.0585. The summed E-state index contributed by atoms with van der Waals surface area (Å²) in [6, 6.07) is 23.4. The highest BCUT2D eigenvalue weighted by atomic mass is 16.5. The average Bonchev–Trinajstić information content (AvgIpc) is 3.43. The van der Waals surface area contributed by atoms with Gasteiger partial charge in [-0.15, -0.1) is 0 Å². The Morgan fingerprint density at radius 2 is 1.49 bits per heavy atom. The summed E-state index contributed by atoms with van der Waals surface area (Å²) in [4.78, 5) is 25.3.